The summed E-state index contributed by atoms with van der Waals surface area (Å²) in [5, 5.41) is 0.920. The molecule has 3 rings (SSSR count). The number of halogens is 3. The molecule has 0 amide bonds. The van der Waals surface area contributed by atoms with Crippen LogP contribution in [0.1, 0.15) is 29.5 Å². The lowest BCUT2D eigenvalue weighted by Gasteiger charge is -2.34. The Bertz CT molecular complexity index is 494. The first-order valence-corrected chi connectivity index (χ1v) is 8.03. The molecule has 21 heavy (non-hydrogen) atoms. The molecule has 1 aromatic rings. The maximum absolute atomic E-state index is 12.4. The minimum Gasteiger partial charge on any atom is -0.346 e. The lowest BCUT2D eigenvalue weighted by molar-refractivity contribution is -0.146. The number of hydrogen-bond donors (Lipinski definition) is 1. The highest BCUT2D eigenvalue weighted by Gasteiger charge is 2.33. The average Bonchev–Trinajstić information content (AvgIpc) is 2.83. The lowest BCUT2D eigenvalue weighted by Crippen LogP contribution is -2.49. The first kappa shape index (κ1) is 15.1. The second-order valence-electron chi connectivity index (χ2n) is 5.68. The number of aromatic nitrogens is 1. The number of fused-ring (bicyclic) bond motifs is 1. The van der Waals surface area contributed by atoms with Crippen molar-refractivity contribution in [3.8, 4) is 0 Å². The number of rotatable bonds is 2. The Labute approximate surface area is 125 Å². The number of nitrogens with zero attached hydrogens (tertiary/aromatic N) is 3. The Hall–Kier alpha value is -0.860. The number of thiazole rings is 1. The van der Waals surface area contributed by atoms with Gasteiger partial charge in [-0.15, -0.1) is 11.3 Å². The molecule has 4 nitrogen and oxygen atoms in total. The van der Waals surface area contributed by atoms with Gasteiger partial charge in [-0.05, 0) is 19.3 Å². The van der Waals surface area contributed by atoms with E-state index < -0.39 is 12.7 Å². The van der Waals surface area contributed by atoms with Gasteiger partial charge in [-0.1, -0.05) is 0 Å². The monoisotopic (exact) mass is 320 g/mol. The van der Waals surface area contributed by atoms with Gasteiger partial charge in [0.1, 0.15) is 0 Å². The Morgan fingerprint density at radius 2 is 1.95 bits per heavy atom. The summed E-state index contributed by atoms with van der Waals surface area (Å²) in [4.78, 5) is 9.43. The zero-order valence-electron chi connectivity index (χ0n) is 11.7. The van der Waals surface area contributed by atoms with Crippen LogP contribution in [0.25, 0.3) is 0 Å². The molecule has 1 saturated heterocycles. The molecule has 0 spiro atoms. The van der Waals surface area contributed by atoms with E-state index in [1.807, 2.05) is 0 Å². The summed E-state index contributed by atoms with van der Waals surface area (Å²) < 4.78 is 37.1. The molecule has 0 radical (unpaired) electrons. The maximum atomic E-state index is 12.4. The SMILES string of the molecule is NC1CCCc2sc(N3CCN(CC(F)(F)F)CC3)nc21. The molecular weight excluding hydrogens is 301 g/mol. The van der Waals surface area contributed by atoms with Gasteiger partial charge < -0.3 is 10.6 Å². The number of alkyl halides is 3. The van der Waals surface area contributed by atoms with Crippen molar-refractivity contribution in [2.45, 2.75) is 31.5 Å². The number of aryl methyl sites for hydroxylation is 1. The minimum atomic E-state index is -4.12. The van der Waals surface area contributed by atoms with Crippen LogP contribution in [0.15, 0.2) is 0 Å². The van der Waals surface area contributed by atoms with E-state index in [1.165, 1.54) is 9.78 Å². The van der Waals surface area contributed by atoms with E-state index in [0.717, 1.165) is 30.1 Å². The Morgan fingerprint density at radius 1 is 1.24 bits per heavy atom. The zero-order chi connectivity index (χ0) is 15.0. The fourth-order valence-electron chi connectivity index (χ4n) is 2.92. The van der Waals surface area contributed by atoms with Gasteiger partial charge in [0.2, 0.25) is 0 Å². The summed E-state index contributed by atoms with van der Waals surface area (Å²) in [5.74, 6) is 0. The van der Waals surface area contributed by atoms with Gasteiger partial charge in [0.25, 0.3) is 0 Å². The van der Waals surface area contributed by atoms with Gasteiger partial charge in [-0.25, -0.2) is 4.98 Å². The van der Waals surface area contributed by atoms with Crippen molar-refractivity contribution >= 4 is 16.5 Å². The Balaban J connectivity index is 1.62. The summed E-state index contributed by atoms with van der Waals surface area (Å²) in [5.41, 5.74) is 7.07. The van der Waals surface area contributed by atoms with Crippen LogP contribution < -0.4 is 10.6 Å². The lowest BCUT2D eigenvalue weighted by atomic mass is 9.99. The fraction of sp³-hybridized carbons (Fsp3) is 0.769. The summed E-state index contributed by atoms with van der Waals surface area (Å²) in [7, 11) is 0. The highest BCUT2D eigenvalue weighted by molar-refractivity contribution is 7.15. The quantitative estimate of drug-likeness (QED) is 0.907. The molecule has 0 aromatic carbocycles. The van der Waals surface area contributed by atoms with E-state index in [-0.39, 0.29) is 6.04 Å². The third-order valence-electron chi connectivity index (χ3n) is 4.03. The molecule has 2 aliphatic rings. The topological polar surface area (TPSA) is 45.4 Å². The average molecular weight is 320 g/mol. The van der Waals surface area contributed by atoms with E-state index in [2.05, 4.69) is 9.88 Å². The third-order valence-corrected chi connectivity index (χ3v) is 5.22. The van der Waals surface area contributed by atoms with Crippen molar-refractivity contribution in [2.24, 2.45) is 5.73 Å². The van der Waals surface area contributed by atoms with Crippen LogP contribution in [0.5, 0.6) is 0 Å². The van der Waals surface area contributed by atoms with Crippen LogP contribution in [0, 0.1) is 0 Å². The molecule has 118 valence electrons. The van der Waals surface area contributed by atoms with Crippen molar-refractivity contribution in [1.82, 2.24) is 9.88 Å². The van der Waals surface area contributed by atoms with Crippen molar-refractivity contribution in [1.29, 1.82) is 0 Å². The number of piperazine rings is 1. The molecule has 1 aliphatic carbocycles. The van der Waals surface area contributed by atoms with E-state index in [0.29, 0.717) is 26.2 Å². The second kappa shape index (κ2) is 5.73. The van der Waals surface area contributed by atoms with Crippen molar-refractivity contribution in [3.63, 3.8) is 0 Å². The minimum absolute atomic E-state index is 0.0188. The highest BCUT2D eigenvalue weighted by Crippen LogP contribution is 2.36. The van der Waals surface area contributed by atoms with Gasteiger partial charge in [0.05, 0.1) is 12.2 Å². The molecule has 0 bridgehead atoms. The standard InChI is InChI=1S/C13H19F3N4S/c14-13(15,16)8-19-4-6-20(7-5-19)12-18-11-9(17)2-1-3-10(11)21-12/h9H,1-8,17H2. The van der Waals surface area contributed by atoms with Crippen LogP contribution in [-0.2, 0) is 6.42 Å². The zero-order valence-corrected chi connectivity index (χ0v) is 12.5. The highest BCUT2D eigenvalue weighted by atomic mass is 32.1. The van der Waals surface area contributed by atoms with Crippen LogP contribution in [0.4, 0.5) is 18.3 Å². The van der Waals surface area contributed by atoms with E-state index >= 15 is 0 Å². The molecular formula is C13H19F3N4S. The predicted octanol–water partition coefficient (Wildman–Crippen LogP) is 2.16. The van der Waals surface area contributed by atoms with Crippen molar-refractivity contribution in [3.05, 3.63) is 10.6 Å². The summed E-state index contributed by atoms with van der Waals surface area (Å²) in [6, 6.07) is 0.0188. The molecule has 8 heteroatoms. The third kappa shape index (κ3) is 3.49. The summed E-state index contributed by atoms with van der Waals surface area (Å²) in [6.45, 7) is 1.22. The van der Waals surface area contributed by atoms with Gasteiger partial charge in [-0.3, -0.25) is 4.90 Å². The fourth-order valence-corrected chi connectivity index (χ4v) is 4.15. The summed E-state index contributed by atoms with van der Waals surface area (Å²) >= 11 is 1.65. The first-order valence-electron chi connectivity index (χ1n) is 7.21. The van der Waals surface area contributed by atoms with Crippen LogP contribution in [0.2, 0.25) is 0 Å². The van der Waals surface area contributed by atoms with E-state index in [9.17, 15) is 13.2 Å². The van der Waals surface area contributed by atoms with Gasteiger partial charge in [-0.2, -0.15) is 13.2 Å². The molecule has 1 aromatic heterocycles. The normalized spacial score (nSPS) is 24.2. The predicted molar refractivity (Wildman–Crippen MR) is 76.7 cm³/mol. The largest absolute Gasteiger partial charge is 0.401 e. The Kier molecular flexibility index (Phi) is 4.11. The number of nitrogens with two attached hydrogens (primary N) is 1. The van der Waals surface area contributed by atoms with Crippen molar-refractivity contribution in [2.75, 3.05) is 37.6 Å². The maximum Gasteiger partial charge on any atom is 0.401 e. The van der Waals surface area contributed by atoms with E-state index in [1.54, 1.807) is 11.3 Å². The molecule has 2 N–H and O–H groups in total. The molecule has 0 saturated carbocycles. The first-order chi connectivity index (χ1) is 9.92. The molecule has 1 unspecified atom stereocenters. The number of hydrogen-bond acceptors (Lipinski definition) is 5. The molecule has 1 aliphatic heterocycles. The van der Waals surface area contributed by atoms with Crippen LogP contribution in [-0.4, -0.2) is 48.8 Å². The molecule has 2 heterocycles. The summed E-state index contributed by atoms with van der Waals surface area (Å²) in [6.07, 6.45) is -1.03. The van der Waals surface area contributed by atoms with Crippen LogP contribution >= 0.6 is 11.3 Å². The Morgan fingerprint density at radius 3 is 2.57 bits per heavy atom. The molecule has 1 atom stereocenters. The van der Waals surface area contributed by atoms with Gasteiger partial charge in [0.15, 0.2) is 5.13 Å². The molecule has 1 fully saturated rings. The smallest absolute Gasteiger partial charge is 0.346 e. The van der Waals surface area contributed by atoms with Gasteiger partial charge >= 0.3 is 6.18 Å². The van der Waals surface area contributed by atoms with Gasteiger partial charge in [0, 0.05) is 37.1 Å². The van der Waals surface area contributed by atoms with Crippen molar-refractivity contribution < 1.29 is 13.2 Å². The van der Waals surface area contributed by atoms with E-state index in [4.69, 9.17) is 5.73 Å². The number of anilines is 1. The van der Waals surface area contributed by atoms with Crippen LogP contribution in [0.3, 0.4) is 0 Å². The second-order valence-corrected chi connectivity index (χ2v) is 6.74.